The van der Waals surface area contributed by atoms with E-state index in [1.807, 2.05) is 13.0 Å². The van der Waals surface area contributed by atoms with E-state index in [-0.39, 0.29) is 5.91 Å². The summed E-state index contributed by atoms with van der Waals surface area (Å²) in [5.74, 6) is -0.167. The SMILES string of the molecule is C/C=C/C=C/C(=O)Nc1cn[nH]c1. The van der Waals surface area contributed by atoms with Crippen molar-refractivity contribution < 1.29 is 4.79 Å². The minimum absolute atomic E-state index is 0.167. The molecule has 0 aromatic carbocycles. The Morgan fingerprint density at radius 2 is 2.46 bits per heavy atom. The fourth-order valence-electron chi connectivity index (χ4n) is 0.757. The van der Waals surface area contributed by atoms with Gasteiger partial charge in [-0.3, -0.25) is 9.89 Å². The molecule has 0 aliphatic heterocycles. The second-order valence-corrected chi connectivity index (χ2v) is 2.36. The van der Waals surface area contributed by atoms with E-state index in [9.17, 15) is 4.79 Å². The molecular formula is C9H11N3O. The number of nitrogens with one attached hydrogen (secondary N) is 2. The maximum absolute atomic E-state index is 11.1. The van der Waals surface area contributed by atoms with Crippen LogP contribution < -0.4 is 5.32 Å². The number of aromatic amines is 1. The van der Waals surface area contributed by atoms with Gasteiger partial charge in [-0.25, -0.2) is 0 Å². The highest BCUT2D eigenvalue weighted by Crippen LogP contribution is 2.00. The maximum Gasteiger partial charge on any atom is 0.248 e. The van der Waals surface area contributed by atoms with Gasteiger partial charge < -0.3 is 5.32 Å². The van der Waals surface area contributed by atoms with Crippen LogP contribution in [0, 0.1) is 0 Å². The molecule has 4 nitrogen and oxygen atoms in total. The summed E-state index contributed by atoms with van der Waals surface area (Å²) in [7, 11) is 0. The summed E-state index contributed by atoms with van der Waals surface area (Å²) < 4.78 is 0. The molecule has 0 aliphatic rings. The molecule has 0 saturated carbocycles. The first-order chi connectivity index (χ1) is 6.33. The molecule has 0 atom stereocenters. The van der Waals surface area contributed by atoms with E-state index in [1.165, 1.54) is 6.08 Å². The molecule has 0 radical (unpaired) electrons. The Hall–Kier alpha value is -1.84. The number of amides is 1. The molecule has 0 bridgehead atoms. The number of rotatable bonds is 3. The van der Waals surface area contributed by atoms with Gasteiger partial charge in [-0.05, 0) is 6.92 Å². The van der Waals surface area contributed by atoms with Gasteiger partial charge in [0.15, 0.2) is 0 Å². The average Bonchev–Trinajstić information content (AvgIpc) is 2.57. The number of aromatic nitrogens is 2. The average molecular weight is 177 g/mol. The number of hydrogen-bond acceptors (Lipinski definition) is 2. The van der Waals surface area contributed by atoms with Crippen LogP contribution in [0.1, 0.15) is 6.92 Å². The number of hydrogen-bond donors (Lipinski definition) is 2. The van der Waals surface area contributed by atoms with Crippen LogP contribution in [0.2, 0.25) is 0 Å². The largest absolute Gasteiger partial charge is 0.320 e. The van der Waals surface area contributed by atoms with Gasteiger partial charge in [0.25, 0.3) is 0 Å². The molecule has 1 aromatic rings. The van der Waals surface area contributed by atoms with Crippen molar-refractivity contribution in [3.05, 3.63) is 36.7 Å². The number of carbonyl (C=O) groups is 1. The van der Waals surface area contributed by atoms with Crippen LogP contribution in [0.4, 0.5) is 5.69 Å². The summed E-state index contributed by atoms with van der Waals surface area (Å²) in [5, 5.41) is 8.92. The first-order valence-corrected chi connectivity index (χ1v) is 3.92. The summed E-state index contributed by atoms with van der Waals surface area (Å²) in [6.45, 7) is 1.89. The molecule has 0 saturated heterocycles. The van der Waals surface area contributed by atoms with Gasteiger partial charge in [-0.15, -0.1) is 0 Å². The van der Waals surface area contributed by atoms with Crippen molar-refractivity contribution in [2.45, 2.75) is 6.92 Å². The molecule has 0 aliphatic carbocycles. The summed E-state index contributed by atoms with van der Waals surface area (Å²) in [6.07, 6.45) is 9.92. The van der Waals surface area contributed by atoms with E-state index < -0.39 is 0 Å². The Morgan fingerprint density at radius 1 is 1.62 bits per heavy atom. The van der Waals surface area contributed by atoms with E-state index in [4.69, 9.17) is 0 Å². The van der Waals surface area contributed by atoms with Gasteiger partial charge in [0, 0.05) is 12.3 Å². The Bertz CT molecular complexity index is 312. The molecule has 1 rings (SSSR count). The lowest BCUT2D eigenvalue weighted by molar-refractivity contribution is -0.111. The molecule has 2 N–H and O–H groups in total. The molecule has 4 heteroatoms. The monoisotopic (exact) mass is 177 g/mol. The van der Waals surface area contributed by atoms with Crippen LogP contribution >= 0.6 is 0 Å². The third-order valence-corrected chi connectivity index (χ3v) is 1.32. The first kappa shape index (κ1) is 9.25. The predicted octanol–water partition coefficient (Wildman–Crippen LogP) is 1.48. The number of nitrogens with zero attached hydrogens (tertiary/aromatic N) is 1. The van der Waals surface area contributed by atoms with Crippen LogP contribution in [0.3, 0.4) is 0 Å². The van der Waals surface area contributed by atoms with E-state index in [1.54, 1.807) is 24.5 Å². The van der Waals surface area contributed by atoms with Crippen molar-refractivity contribution in [3.8, 4) is 0 Å². The summed E-state index contributed by atoms with van der Waals surface area (Å²) in [6, 6.07) is 0. The second-order valence-electron chi connectivity index (χ2n) is 2.36. The van der Waals surface area contributed by atoms with E-state index >= 15 is 0 Å². The van der Waals surface area contributed by atoms with Gasteiger partial charge in [0.2, 0.25) is 5.91 Å². The third-order valence-electron chi connectivity index (χ3n) is 1.32. The maximum atomic E-state index is 11.1. The first-order valence-electron chi connectivity index (χ1n) is 3.92. The van der Waals surface area contributed by atoms with Crippen LogP contribution in [0.15, 0.2) is 36.7 Å². The zero-order chi connectivity index (χ0) is 9.52. The molecule has 0 spiro atoms. The number of carbonyl (C=O) groups excluding carboxylic acids is 1. The molecule has 0 fully saturated rings. The van der Waals surface area contributed by atoms with Crippen LogP contribution in [0.25, 0.3) is 0 Å². The van der Waals surface area contributed by atoms with Gasteiger partial charge in [-0.1, -0.05) is 18.2 Å². The number of H-pyrrole nitrogens is 1. The van der Waals surface area contributed by atoms with Crippen molar-refractivity contribution in [3.63, 3.8) is 0 Å². The van der Waals surface area contributed by atoms with Crippen LogP contribution in [0.5, 0.6) is 0 Å². The van der Waals surface area contributed by atoms with E-state index in [2.05, 4.69) is 15.5 Å². The van der Waals surface area contributed by atoms with E-state index in [0.29, 0.717) is 5.69 Å². The Labute approximate surface area is 76.4 Å². The Morgan fingerprint density at radius 3 is 3.08 bits per heavy atom. The fourth-order valence-corrected chi connectivity index (χ4v) is 0.757. The summed E-state index contributed by atoms with van der Waals surface area (Å²) >= 11 is 0. The summed E-state index contributed by atoms with van der Waals surface area (Å²) in [5.41, 5.74) is 0.662. The smallest absolute Gasteiger partial charge is 0.248 e. The van der Waals surface area contributed by atoms with Crippen molar-refractivity contribution in [2.24, 2.45) is 0 Å². The summed E-state index contributed by atoms with van der Waals surface area (Å²) in [4.78, 5) is 11.1. The number of allylic oxidation sites excluding steroid dienone is 3. The fraction of sp³-hybridized carbons (Fsp3) is 0.111. The van der Waals surface area contributed by atoms with Gasteiger partial charge in [0.1, 0.15) is 0 Å². The quantitative estimate of drug-likeness (QED) is 0.542. The van der Waals surface area contributed by atoms with Crippen LogP contribution in [-0.2, 0) is 4.79 Å². The molecule has 13 heavy (non-hydrogen) atoms. The minimum Gasteiger partial charge on any atom is -0.320 e. The predicted molar refractivity (Wildman–Crippen MR) is 51.2 cm³/mol. The standard InChI is InChI=1S/C9H11N3O/c1-2-3-4-5-9(13)12-8-6-10-11-7-8/h2-7H,1H3,(H,10,11)(H,12,13)/b3-2+,5-4+. The van der Waals surface area contributed by atoms with Crippen molar-refractivity contribution in [1.82, 2.24) is 10.2 Å². The van der Waals surface area contributed by atoms with Gasteiger partial charge in [-0.2, -0.15) is 5.10 Å². The topological polar surface area (TPSA) is 57.8 Å². The van der Waals surface area contributed by atoms with Crippen molar-refractivity contribution in [1.29, 1.82) is 0 Å². The molecule has 1 aromatic heterocycles. The zero-order valence-electron chi connectivity index (χ0n) is 7.32. The lowest BCUT2D eigenvalue weighted by Gasteiger charge is -1.94. The molecule has 1 heterocycles. The van der Waals surface area contributed by atoms with E-state index in [0.717, 1.165) is 0 Å². The Kier molecular flexibility index (Phi) is 3.50. The third kappa shape index (κ3) is 3.37. The van der Waals surface area contributed by atoms with Gasteiger partial charge in [0.05, 0.1) is 11.9 Å². The second kappa shape index (κ2) is 4.92. The Balaban J connectivity index is 2.42. The normalized spacial score (nSPS) is 11.2. The zero-order valence-corrected chi connectivity index (χ0v) is 7.32. The lowest BCUT2D eigenvalue weighted by atomic mass is 10.4. The molecular weight excluding hydrogens is 166 g/mol. The molecule has 68 valence electrons. The molecule has 0 unspecified atom stereocenters. The highest BCUT2D eigenvalue weighted by atomic mass is 16.1. The van der Waals surface area contributed by atoms with Crippen molar-refractivity contribution in [2.75, 3.05) is 5.32 Å². The minimum atomic E-state index is -0.167. The highest BCUT2D eigenvalue weighted by Gasteiger charge is 1.96. The molecule has 1 amide bonds. The van der Waals surface area contributed by atoms with Gasteiger partial charge >= 0.3 is 0 Å². The number of anilines is 1. The van der Waals surface area contributed by atoms with Crippen molar-refractivity contribution >= 4 is 11.6 Å². The lowest BCUT2D eigenvalue weighted by Crippen LogP contribution is -2.06. The van der Waals surface area contributed by atoms with Crippen LogP contribution in [-0.4, -0.2) is 16.1 Å². The highest BCUT2D eigenvalue weighted by molar-refractivity contribution is 5.99.